The van der Waals surface area contributed by atoms with Gasteiger partial charge in [-0.1, -0.05) is 30.3 Å². The molecule has 0 aliphatic heterocycles. The maximum Gasteiger partial charge on any atom is 0.327 e. The van der Waals surface area contributed by atoms with E-state index in [4.69, 9.17) is 17.0 Å². The van der Waals surface area contributed by atoms with Gasteiger partial charge in [0.25, 0.3) is 5.56 Å². The molecule has 0 atom stereocenters. The molecule has 0 unspecified atom stereocenters. The molecule has 4 N–H and O–H groups in total. The molecule has 0 saturated carbocycles. The number of aromatic nitrogens is 3. The van der Waals surface area contributed by atoms with Gasteiger partial charge >= 0.3 is 5.69 Å². The van der Waals surface area contributed by atoms with Crippen molar-refractivity contribution in [3.63, 3.8) is 0 Å². The third-order valence-electron chi connectivity index (χ3n) is 4.64. The summed E-state index contributed by atoms with van der Waals surface area (Å²) < 4.78 is 5.19. The highest BCUT2D eigenvalue weighted by Gasteiger charge is 2.20. The molecule has 0 aliphatic carbocycles. The number of methoxy groups -OCH3 is 1. The molecule has 2 aromatic carbocycles. The zero-order chi connectivity index (χ0) is 22.7. The van der Waals surface area contributed by atoms with Crippen LogP contribution in [0, 0.1) is 11.3 Å². The Kier molecular flexibility index (Phi) is 5.65. The quantitative estimate of drug-likeness (QED) is 0.353. The van der Waals surface area contributed by atoms with Gasteiger partial charge in [-0.2, -0.15) is 5.26 Å². The average molecular weight is 444 g/mol. The van der Waals surface area contributed by atoms with Crippen molar-refractivity contribution in [1.82, 2.24) is 15.0 Å². The van der Waals surface area contributed by atoms with Gasteiger partial charge in [-0.15, -0.1) is 0 Å². The van der Waals surface area contributed by atoms with E-state index in [9.17, 15) is 14.9 Å². The second kappa shape index (κ2) is 8.71. The normalized spacial score (nSPS) is 10.4. The number of rotatable bonds is 4. The molecular formula is C22H16N6O3S. The second-order valence-electron chi connectivity index (χ2n) is 6.63. The number of pyridine rings is 1. The minimum Gasteiger partial charge on any atom is -0.497 e. The largest absolute Gasteiger partial charge is 0.497 e. The van der Waals surface area contributed by atoms with E-state index in [0.717, 1.165) is 5.69 Å². The first-order chi connectivity index (χ1) is 15.5. The number of thiocarbonyl (C=S) groups is 1. The van der Waals surface area contributed by atoms with Crippen LogP contribution in [0.4, 0.5) is 11.5 Å². The number of nitrogens with one attached hydrogen (secondary N) is 4. The fraction of sp³-hybridized carbons (Fsp3) is 0.0455. The zero-order valence-electron chi connectivity index (χ0n) is 16.7. The van der Waals surface area contributed by atoms with E-state index in [1.807, 2.05) is 30.3 Å². The van der Waals surface area contributed by atoms with Crippen LogP contribution in [0.1, 0.15) is 5.56 Å². The Hall–Kier alpha value is -4.49. The molecule has 0 bridgehead atoms. The Morgan fingerprint density at radius 3 is 2.44 bits per heavy atom. The number of H-pyrrole nitrogens is 2. The van der Waals surface area contributed by atoms with Crippen LogP contribution in [0.5, 0.6) is 5.75 Å². The maximum absolute atomic E-state index is 12.7. The first kappa shape index (κ1) is 20.8. The van der Waals surface area contributed by atoms with Crippen LogP contribution in [0.15, 0.2) is 64.2 Å². The van der Waals surface area contributed by atoms with E-state index in [0.29, 0.717) is 16.9 Å². The Morgan fingerprint density at radius 1 is 1.06 bits per heavy atom. The minimum absolute atomic E-state index is 0.0218. The molecule has 9 nitrogen and oxygen atoms in total. The van der Waals surface area contributed by atoms with Gasteiger partial charge in [0.15, 0.2) is 10.9 Å². The van der Waals surface area contributed by atoms with Gasteiger partial charge in [-0.05, 0) is 42.0 Å². The number of hydrogen-bond acceptors (Lipinski definition) is 6. The Morgan fingerprint density at radius 2 is 1.78 bits per heavy atom. The summed E-state index contributed by atoms with van der Waals surface area (Å²) in [5, 5.41) is 16.1. The smallest absolute Gasteiger partial charge is 0.327 e. The highest BCUT2D eigenvalue weighted by atomic mass is 32.1. The molecule has 4 aromatic rings. The number of nitrogens with zero attached hydrogens (tertiary/aromatic N) is 2. The fourth-order valence-electron chi connectivity index (χ4n) is 3.24. The number of para-hydroxylation sites is 1. The van der Waals surface area contributed by atoms with Crippen molar-refractivity contribution in [2.75, 3.05) is 17.7 Å². The molecule has 2 aromatic heterocycles. The van der Waals surface area contributed by atoms with Crippen LogP contribution in [-0.2, 0) is 0 Å². The van der Waals surface area contributed by atoms with Gasteiger partial charge in [-0.25, -0.2) is 9.78 Å². The molecule has 0 radical (unpaired) electrons. The van der Waals surface area contributed by atoms with E-state index in [1.54, 1.807) is 24.3 Å². The molecule has 4 rings (SSSR count). The van der Waals surface area contributed by atoms with Crippen molar-refractivity contribution < 1.29 is 4.74 Å². The Labute approximate surface area is 186 Å². The molecule has 0 saturated heterocycles. The van der Waals surface area contributed by atoms with Crippen LogP contribution in [-0.4, -0.2) is 27.2 Å². The van der Waals surface area contributed by atoms with Crippen molar-refractivity contribution in [2.45, 2.75) is 0 Å². The van der Waals surface area contributed by atoms with E-state index in [2.05, 4.69) is 31.7 Å². The summed E-state index contributed by atoms with van der Waals surface area (Å²) in [5.41, 5.74) is 0.363. The Balaban J connectivity index is 1.90. The lowest BCUT2D eigenvalue weighted by Crippen LogP contribution is -2.25. The summed E-state index contributed by atoms with van der Waals surface area (Å²) in [5.74, 6) is 0.708. The van der Waals surface area contributed by atoms with Gasteiger partial charge in [0, 0.05) is 11.3 Å². The molecule has 0 spiro atoms. The minimum atomic E-state index is -0.712. The highest BCUT2D eigenvalue weighted by molar-refractivity contribution is 7.80. The molecule has 158 valence electrons. The number of benzene rings is 2. The lowest BCUT2D eigenvalue weighted by Gasteiger charge is -2.15. The van der Waals surface area contributed by atoms with Gasteiger partial charge in [0.1, 0.15) is 23.0 Å². The van der Waals surface area contributed by atoms with E-state index >= 15 is 0 Å². The second-order valence-corrected chi connectivity index (χ2v) is 7.04. The third kappa shape index (κ3) is 4.05. The lowest BCUT2D eigenvalue weighted by atomic mass is 9.98. The van der Waals surface area contributed by atoms with Crippen LogP contribution in [0.25, 0.3) is 22.2 Å². The number of hydrogen-bond donors (Lipinski definition) is 4. The molecule has 10 heteroatoms. The summed E-state index contributed by atoms with van der Waals surface area (Å²) in [6.07, 6.45) is 0. The van der Waals surface area contributed by atoms with Gasteiger partial charge in [-0.3, -0.25) is 14.8 Å². The van der Waals surface area contributed by atoms with E-state index in [-0.39, 0.29) is 27.5 Å². The molecule has 0 fully saturated rings. The standard InChI is InChI=1S/C22H16N6O3S/c1-31-14-9-7-12(8-10-14)16-15(11-23)18(25-19-17(16)20(29)28-21(30)26-19)27-22(32)24-13-5-3-2-4-6-13/h2-10H,1H3,(H4,24,25,26,27,28,29,30,32). The Bertz CT molecular complexity index is 1470. The molecule has 32 heavy (non-hydrogen) atoms. The number of aromatic amines is 2. The average Bonchev–Trinajstić information content (AvgIpc) is 2.78. The lowest BCUT2D eigenvalue weighted by molar-refractivity contribution is 0.415. The monoisotopic (exact) mass is 444 g/mol. The van der Waals surface area contributed by atoms with Gasteiger partial charge in [0.05, 0.1) is 12.5 Å². The summed E-state index contributed by atoms with van der Waals surface area (Å²) in [7, 11) is 1.54. The fourth-order valence-corrected chi connectivity index (χ4v) is 3.45. The first-order valence-electron chi connectivity index (χ1n) is 9.38. The van der Waals surface area contributed by atoms with Crippen LogP contribution in [0.2, 0.25) is 0 Å². The van der Waals surface area contributed by atoms with E-state index < -0.39 is 11.2 Å². The predicted octanol–water partition coefficient (Wildman–Crippen LogP) is 2.97. The predicted molar refractivity (Wildman–Crippen MR) is 126 cm³/mol. The number of fused-ring (bicyclic) bond motifs is 1. The molecule has 0 aliphatic rings. The van der Waals surface area contributed by atoms with Crippen LogP contribution < -0.4 is 26.6 Å². The van der Waals surface area contributed by atoms with Crippen molar-refractivity contribution in [3.05, 3.63) is 81.0 Å². The van der Waals surface area contributed by atoms with Crippen molar-refractivity contribution >= 4 is 39.9 Å². The summed E-state index contributed by atoms with van der Waals surface area (Å²) in [6.45, 7) is 0. The van der Waals surface area contributed by atoms with Gasteiger partial charge in [0.2, 0.25) is 0 Å². The van der Waals surface area contributed by atoms with Crippen molar-refractivity contribution in [2.24, 2.45) is 0 Å². The maximum atomic E-state index is 12.7. The SMILES string of the molecule is COc1ccc(-c2c(C#N)c(NC(=S)Nc3ccccc3)nc3[nH]c(=O)[nH]c(=O)c23)cc1. The molecule has 2 heterocycles. The topological polar surface area (TPSA) is 136 Å². The first-order valence-corrected chi connectivity index (χ1v) is 9.79. The van der Waals surface area contributed by atoms with E-state index in [1.165, 1.54) is 7.11 Å². The molecule has 0 amide bonds. The molecular weight excluding hydrogens is 428 g/mol. The summed E-state index contributed by atoms with van der Waals surface area (Å²) >= 11 is 5.36. The van der Waals surface area contributed by atoms with Crippen LogP contribution in [0.3, 0.4) is 0 Å². The number of anilines is 2. The number of nitriles is 1. The summed E-state index contributed by atoms with van der Waals surface area (Å²) in [6, 6.07) is 18.2. The van der Waals surface area contributed by atoms with Crippen molar-refractivity contribution in [1.29, 1.82) is 5.26 Å². The zero-order valence-corrected chi connectivity index (χ0v) is 17.5. The third-order valence-corrected chi connectivity index (χ3v) is 4.84. The number of ether oxygens (including phenoxy) is 1. The summed E-state index contributed by atoms with van der Waals surface area (Å²) in [4.78, 5) is 33.5. The van der Waals surface area contributed by atoms with Gasteiger partial charge < -0.3 is 15.4 Å². The highest BCUT2D eigenvalue weighted by Crippen LogP contribution is 2.33. The van der Waals surface area contributed by atoms with Crippen LogP contribution >= 0.6 is 12.2 Å². The van der Waals surface area contributed by atoms with Crippen molar-refractivity contribution in [3.8, 4) is 22.9 Å².